The van der Waals surface area contributed by atoms with Crippen LogP contribution in [0.15, 0.2) is 42.5 Å². The van der Waals surface area contributed by atoms with E-state index in [1.165, 1.54) is 0 Å². The highest BCUT2D eigenvalue weighted by molar-refractivity contribution is 6.35. The van der Waals surface area contributed by atoms with E-state index in [1.54, 1.807) is 19.2 Å². The molecule has 0 bridgehead atoms. The molecule has 2 amide bonds. The van der Waals surface area contributed by atoms with Gasteiger partial charge in [-0.1, -0.05) is 41.4 Å². The van der Waals surface area contributed by atoms with E-state index in [0.29, 0.717) is 42.5 Å². The summed E-state index contributed by atoms with van der Waals surface area (Å²) in [5, 5.41) is 4.11. The van der Waals surface area contributed by atoms with Crippen molar-refractivity contribution in [3.05, 3.63) is 63.6 Å². The number of carbonyl (C=O) groups is 2. The van der Waals surface area contributed by atoms with E-state index in [-0.39, 0.29) is 17.9 Å². The van der Waals surface area contributed by atoms with Gasteiger partial charge in [-0.2, -0.15) is 0 Å². The molecule has 178 valence electrons. The number of hydrogen-bond acceptors (Lipinski definition) is 4. The van der Waals surface area contributed by atoms with Crippen LogP contribution in [-0.4, -0.2) is 61.4 Å². The predicted molar refractivity (Wildman–Crippen MR) is 132 cm³/mol. The van der Waals surface area contributed by atoms with Crippen LogP contribution in [0.5, 0.6) is 5.75 Å². The van der Waals surface area contributed by atoms with Gasteiger partial charge in [-0.05, 0) is 55.2 Å². The van der Waals surface area contributed by atoms with Gasteiger partial charge < -0.3 is 15.0 Å². The Kier molecular flexibility index (Phi) is 9.41. The van der Waals surface area contributed by atoms with E-state index >= 15 is 0 Å². The maximum absolute atomic E-state index is 12.7. The van der Waals surface area contributed by atoms with Crippen molar-refractivity contribution in [3.8, 4) is 5.75 Å². The molecule has 1 saturated heterocycles. The molecule has 0 radical (unpaired) electrons. The highest BCUT2D eigenvalue weighted by Gasteiger charge is 2.21. The Morgan fingerprint density at radius 3 is 2.52 bits per heavy atom. The average Bonchev–Trinajstić information content (AvgIpc) is 3.03. The zero-order valence-corrected chi connectivity index (χ0v) is 20.7. The SMILES string of the molecule is COc1ccc(CCC(=O)N2CCCN(CC(=O)NC(C)c3ccc(Cl)cc3Cl)CC2)cc1. The number of aryl methyl sites for hydroxylation is 1. The Labute approximate surface area is 205 Å². The zero-order valence-electron chi connectivity index (χ0n) is 19.2. The van der Waals surface area contributed by atoms with Crippen LogP contribution < -0.4 is 10.1 Å². The lowest BCUT2D eigenvalue weighted by Gasteiger charge is -2.23. The number of benzene rings is 2. The molecule has 2 aromatic carbocycles. The van der Waals surface area contributed by atoms with Crippen LogP contribution in [0.25, 0.3) is 0 Å². The molecule has 1 aliphatic rings. The van der Waals surface area contributed by atoms with Crippen LogP contribution in [0.4, 0.5) is 0 Å². The van der Waals surface area contributed by atoms with Gasteiger partial charge in [0.15, 0.2) is 0 Å². The summed E-state index contributed by atoms with van der Waals surface area (Å²) in [6, 6.07) is 12.9. The van der Waals surface area contributed by atoms with Crippen molar-refractivity contribution in [1.29, 1.82) is 0 Å². The van der Waals surface area contributed by atoms with Crippen molar-refractivity contribution in [2.24, 2.45) is 0 Å². The summed E-state index contributed by atoms with van der Waals surface area (Å²) in [5.41, 5.74) is 1.95. The minimum absolute atomic E-state index is 0.0622. The molecular formula is C25H31Cl2N3O3. The number of carbonyl (C=O) groups excluding carboxylic acids is 2. The monoisotopic (exact) mass is 491 g/mol. The van der Waals surface area contributed by atoms with Crippen molar-refractivity contribution >= 4 is 35.0 Å². The smallest absolute Gasteiger partial charge is 0.234 e. The molecule has 1 aliphatic heterocycles. The second-order valence-corrected chi connectivity index (χ2v) is 9.16. The average molecular weight is 492 g/mol. The van der Waals surface area contributed by atoms with Gasteiger partial charge in [-0.15, -0.1) is 0 Å². The van der Waals surface area contributed by atoms with Crippen LogP contribution in [0.2, 0.25) is 10.0 Å². The summed E-state index contributed by atoms with van der Waals surface area (Å²) in [6.45, 7) is 5.01. The predicted octanol–water partition coefficient (Wildman–Crippen LogP) is 4.35. The van der Waals surface area contributed by atoms with E-state index < -0.39 is 0 Å². The Bertz CT molecular complexity index is 952. The highest BCUT2D eigenvalue weighted by atomic mass is 35.5. The van der Waals surface area contributed by atoms with E-state index in [2.05, 4.69) is 10.2 Å². The molecule has 1 fully saturated rings. The van der Waals surface area contributed by atoms with Crippen LogP contribution >= 0.6 is 23.2 Å². The summed E-state index contributed by atoms with van der Waals surface area (Å²) in [4.78, 5) is 29.3. The number of nitrogens with one attached hydrogen (secondary N) is 1. The molecule has 3 rings (SSSR count). The largest absolute Gasteiger partial charge is 0.497 e. The van der Waals surface area contributed by atoms with E-state index in [0.717, 1.165) is 36.4 Å². The normalized spacial score (nSPS) is 15.6. The van der Waals surface area contributed by atoms with Crippen molar-refractivity contribution in [3.63, 3.8) is 0 Å². The Morgan fingerprint density at radius 1 is 1.06 bits per heavy atom. The molecule has 1 N–H and O–H groups in total. The van der Waals surface area contributed by atoms with Gasteiger partial charge in [0.25, 0.3) is 0 Å². The molecule has 2 aromatic rings. The Morgan fingerprint density at radius 2 is 1.82 bits per heavy atom. The third-order valence-electron chi connectivity index (χ3n) is 5.90. The van der Waals surface area contributed by atoms with E-state index in [4.69, 9.17) is 27.9 Å². The van der Waals surface area contributed by atoms with E-state index in [1.807, 2.05) is 42.2 Å². The topological polar surface area (TPSA) is 61.9 Å². The highest BCUT2D eigenvalue weighted by Crippen LogP contribution is 2.26. The molecule has 0 saturated carbocycles. The van der Waals surface area contributed by atoms with Crippen molar-refractivity contribution < 1.29 is 14.3 Å². The van der Waals surface area contributed by atoms with Crippen molar-refractivity contribution in [2.45, 2.75) is 32.2 Å². The van der Waals surface area contributed by atoms with Gasteiger partial charge in [-0.3, -0.25) is 14.5 Å². The Balaban J connectivity index is 1.43. The van der Waals surface area contributed by atoms with Crippen molar-refractivity contribution in [1.82, 2.24) is 15.1 Å². The third-order valence-corrected chi connectivity index (χ3v) is 6.46. The lowest BCUT2D eigenvalue weighted by molar-refractivity contribution is -0.131. The zero-order chi connectivity index (χ0) is 23.8. The fraction of sp³-hybridized carbons (Fsp3) is 0.440. The van der Waals surface area contributed by atoms with Crippen LogP contribution in [0.1, 0.15) is 36.9 Å². The Hall–Kier alpha value is -2.28. The van der Waals surface area contributed by atoms with Gasteiger partial charge in [-0.25, -0.2) is 0 Å². The van der Waals surface area contributed by atoms with Gasteiger partial charge in [0.05, 0.1) is 19.7 Å². The molecule has 1 heterocycles. The van der Waals surface area contributed by atoms with Gasteiger partial charge in [0.2, 0.25) is 11.8 Å². The molecule has 0 aromatic heterocycles. The third kappa shape index (κ3) is 7.63. The van der Waals surface area contributed by atoms with Gasteiger partial charge in [0, 0.05) is 42.6 Å². The van der Waals surface area contributed by atoms with E-state index in [9.17, 15) is 9.59 Å². The maximum atomic E-state index is 12.7. The van der Waals surface area contributed by atoms with Crippen LogP contribution in [-0.2, 0) is 16.0 Å². The first-order valence-corrected chi connectivity index (χ1v) is 12.0. The first-order chi connectivity index (χ1) is 15.9. The summed E-state index contributed by atoms with van der Waals surface area (Å²) >= 11 is 12.2. The summed E-state index contributed by atoms with van der Waals surface area (Å²) in [5.74, 6) is 0.906. The number of halogens is 2. The fourth-order valence-corrected chi connectivity index (χ4v) is 4.57. The second kappa shape index (κ2) is 12.3. The minimum atomic E-state index is -0.217. The summed E-state index contributed by atoms with van der Waals surface area (Å²) in [6.07, 6.45) is 2.03. The summed E-state index contributed by atoms with van der Waals surface area (Å²) < 4.78 is 5.18. The first kappa shape index (κ1) is 25.3. The number of amides is 2. The molecule has 33 heavy (non-hydrogen) atoms. The second-order valence-electron chi connectivity index (χ2n) is 8.31. The lowest BCUT2D eigenvalue weighted by atomic mass is 10.1. The number of methoxy groups -OCH3 is 1. The number of ether oxygens (including phenoxy) is 1. The number of rotatable bonds is 8. The van der Waals surface area contributed by atoms with Crippen LogP contribution in [0.3, 0.4) is 0 Å². The standard InChI is InChI=1S/C25H31Cl2N3O3/c1-18(22-10-7-20(26)16-23(22)27)28-24(31)17-29-12-3-13-30(15-14-29)25(32)11-6-19-4-8-21(33-2)9-5-19/h4-5,7-10,16,18H,3,6,11-15,17H2,1-2H3,(H,28,31). The van der Waals surface area contributed by atoms with Crippen LogP contribution in [0, 0.1) is 0 Å². The maximum Gasteiger partial charge on any atom is 0.234 e. The molecule has 0 aliphatic carbocycles. The lowest BCUT2D eigenvalue weighted by Crippen LogP contribution is -2.40. The quantitative estimate of drug-likeness (QED) is 0.596. The van der Waals surface area contributed by atoms with Gasteiger partial charge >= 0.3 is 0 Å². The fourth-order valence-electron chi connectivity index (χ4n) is 4.00. The molecular weight excluding hydrogens is 461 g/mol. The van der Waals surface area contributed by atoms with Crippen molar-refractivity contribution in [2.75, 3.05) is 39.8 Å². The molecule has 1 atom stereocenters. The number of nitrogens with zero attached hydrogens (tertiary/aromatic N) is 2. The number of hydrogen-bond donors (Lipinski definition) is 1. The molecule has 8 heteroatoms. The minimum Gasteiger partial charge on any atom is -0.497 e. The molecule has 1 unspecified atom stereocenters. The first-order valence-electron chi connectivity index (χ1n) is 11.2. The molecule has 0 spiro atoms. The molecule has 6 nitrogen and oxygen atoms in total. The summed E-state index contributed by atoms with van der Waals surface area (Å²) in [7, 11) is 1.64. The van der Waals surface area contributed by atoms with Gasteiger partial charge in [0.1, 0.15) is 5.75 Å².